The number of halogens is 3. The number of hydrogen-bond donors (Lipinski definition) is 0. The maximum atomic E-state index is 13.2. The van der Waals surface area contributed by atoms with E-state index in [4.69, 9.17) is 0 Å². The highest BCUT2D eigenvalue weighted by atomic mass is 32.2. The quantitative estimate of drug-likeness (QED) is 0.773. The second kappa shape index (κ2) is 5.97. The average molecular weight is 312 g/mol. The van der Waals surface area contributed by atoms with Crippen LogP contribution in [0.5, 0.6) is 0 Å². The summed E-state index contributed by atoms with van der Waals surface area (Å²) in [5.41, 5.74) is 0.690. The van der Waals surface area contributed by atoms with Gasteiger partial charge >= 0.3 is 6.18 Å². The molecule has 0 aliphatic rings. The lowest BCUT2D eigenvalue weighted by atomic mass is 10.0. The van der Waals surface area contributed by atoms with Gasteiger partial charge in [0.1, 0.15) is 0 Å². The summed E-state index contributed by atoms with van der Waals surface area (Å²) in [6, 6.07) is 7.92. The van der Waals surface area contributed by atoms with E-state index in [2.05, 4.69) is 4.98 Å². The second-order valence-corrected chi connectivity index (χ2v) is 5.54. The minimum Gasteiger partial charge on any atom is -0.377 e. The van der Waals surface area contributed by atoms with Crippen molar-refractivity contribution in [2.24, 2.45) is 0 Å². The molecule has 0 unspecified atom stereocenters. The van der Waals surface area contributed by atoms with E-state index in [9.17, 15) is 13.2 Å². The second-order valence-electron chi connectivity index (χ2n) is 4.71. The van der Waals surface area contributed by atoms with Crippen LogP contribution < -0.4 is 4.90 Å². The Morgan fingerprint density at radius 2 is 1.71 bits per heavy atom. The minimum atomic E-state index is -4.39. The van der Waals surface area contributed by atoms with Gasteiger partial charge < -0.3 is 4.90 Å². The molecule has 0 aliphatic carbocycles. The van der Waals surface area contributed by atoms with E-state index >= 15 is 0 Å². The van der Waals surface area contributed by atoms with Crippen LogP contribution in [0.15, 0.2) is 41.6 Å². The predicted molar refractivity (Wildman–Crippen MR) is 80.8 cm³/mol. The number of thioether (sulfide) groups is 1. The molecule has 0 saturated heterocycles. The number of rotatable bonds is 3. The molecule has 0 amide bonds. The van der Waals surface area contributed by atoms with E-state index in [1.807, 2.05) is 6.26 Å². The maximum absolute atomic E-state index is 13.2. The number of anilines is 1. The van der Waals surface area contributed by atoms with Crippen molar-refractivity contribution in [1.82, 2.24) is 4.98 Å². The van der Waals surface area contributed by atoms with Crippen LogP contribution in [0.3, 0.4) is 0 Å². The third-order valence-corrected chi connectivity index (χ3v) is 3.72. The Balaban J connectivity index is 2.50. The highest BCUT2D eigenvalue weighted by Gasteiger charge is 2.34. The number of hydrogen-bond acceptors (Lipinski definition) is 3. The van der Waals surface area contributed by atoms with Gasteiger partial charge in [-0.15, -0.1) is 11.8 Å². The van der Waals surface area contributed by atoms with Gasteiger partial charge in [0.15, 0.2) is 0 Å². The van der Waals surface area contributed by atoms with Gasteiger partial charge in [-0.2, -0.15) is 13.2 Å². The molecule has 112 valence electrons. The fourth-order valence-corrected chi connectivity index (χ4v) is 2.37. The number of benzene rings is 1. The molecule has 1 aromatic heterocycles. The summed E-state index contributed by atoms with van der Waals surface area (Å²) in [5.74, 6) is 0. The Labute approximate surface area is 126 Å². The summed E-state index contributed by atoms with van der Waals surface area (Å²) < 4.78 is 39.5. The van der Waals surface area contributed by atoms with Gasteiger partial charge in [-0.3, -0.25) is 0 Å². The van der Waals surface area contributed by atoms with Gasteiger partial charge in [0, 0.05) is 31.5 Å². The first-order chi connectivity index (χ1) is 9.82. The van der Waals surface area contributed by atoms with Crippen LogP contribution in [0.2, 0.25) is 0 Å². The molecule has 1 aromatic carbocycles. The van der Waals surface area contributed by atoms with E-state index in [-0.39, 0.29) is 5.69 Å². The molecule has 0 aliphatic heterocycles. The molecule has 1 heterocycles. The monoisotopic (exact) mass is 312 g/mol. The molecule has 2 aromatic rings. The van der Waals surface area contributed by atoms with E-state index < -0.39 is 11.7 Å². The van der Waals surface area contributed by atoms with Crippen molar-refractivity contribution in [3.63, 3.8) is 0 Å². The zero-order chi connectivity index (χ0) is 15.6. The Morgan fingerprint density at radius 1 is 1.05 bits per heavy atom. The number of alkyl halides is 3. The standard InChI is InChI=1S/C15H15F3N2S/c1-20(2)13-6-4-10(8-12(13)15(16,17)18)11-5-7-14(21-3)19-9-11/h4-9H,1-3H3. The van der Waals surface area contributed by atoms with Crippen LogP contribution in [0, 0.1) is 0 Å². The molecular weight excluding hydrogens is 297 g/mol. The summed E-state index contributed by atoms with van der Waals surface area (Å²) in [6.07, 6.45) is -0.894. The molecule has 0 N–H and O–H groups in total. The van der Waals surface area contributed by atoms with Crippen LogP contribution in [-0.4, -0.2) is 25.3 Å². The molecule has 0 atom stereocenters. The summed E-state index contributed by atoms with van der Waals surface area (Å²) in [4.78, 5) is 5.65. The Bertz CT molecular complexity index is 622. The van der Waals surface area contributed by atoms with Gasteiger partial charge in [-0.25, -0.2) is 4.98 Å². The van der Waals surface area contributed by atoms with Gasteiger partial charge in [0.05, 0.1) is 10.6 Å². The fraction of sp³-hybridized carbons (Fsp3) is 0.267. The third kappa shape index (κ3) is 3.50. The lowest BCUT2D eigenvalue weighted by molar-refractivity contribution is -0.137. The number of nitrogens with zero attached hydrogens (tertiary/aromatic N) is 2. The topological polar surface area (TPSA) is 16.1 Å². The van der Waals surface area contributed by atoms with Crippen molar-refractivity contribution in [3.05, 3.63) is 42.1 Å². The van der Waals surface area contributed by atoms with Crippen molar-refractivity contribution in [3.8, 4) is 11.1 Å². The first kappa shape index (κ1) is 15.7. The molecular formula is C15H15F3N2S. The van der Waals surface area contributed by atoms with E-state index in [1.165, 1.54) is 28.8 Å². The van der Waals surface area contributed by atoms with Crippen molar-refractivity contribution in [2.45, 2.75) is 11.2 Å². The van der Waals surface area contributed by atoms with Gasteiger partial charge in [-0.05, 0) is 30.0 Å². The number of aromatic nitrogens is 1. The third-order valence-electron chi connectivity index (χ3n) is 3.06. The predicted octanol–water partition coefficient (Wildman–Crippen LogP) is 4.56. The van der Waals surface area contributed by atoms with Crippen LogP contribution in [0.25, 0.3) is 11.1 Å². The molecule has 0 saturated carbocycles. The van der Waals surface area contributed by atoms with Crippen LogP contribution >= 0.6 is 11.8 Å². The van der Waals surface area contributed by atoms with Crippen molar-refractivity contribution in [1.29, 1.82) is 0 Å². The van der Waals surface area contributed by atoms with Crippen molar-refractivity contribution < 1.29 is 13.2 Å². The van der Waals surface area contributed by atoms with Crippen molar-refractivity contribution >= 4 is 17.4 Å². The molecule has 0 bridgehead atoms. The highest BCUT2D eigenvalue weighted by molar-refractivity contribution is 7.98. The van der Waals surface area contributed by atoms with Crippen molar-refractivity contribution in [2.75, 3.05) is 25.3 Å². The molecule has 0 fully saturated rings. The van der Waals surface area contributed by atoms with E-state index in [0.29, 0.717) is 11.1 Å². The van der Waals surface area contributed by atoms with Crippen LogP contribution in [0.1, 0.15) is 5.56 Å². The molecule has 21 heavy (non-hydrogen) atoms. The SMILES string of the molecule is CSc1ccc(-c2ccc(N(C)C)c(C(F)(F)F)c2)cn1. The average Bonchev–Trinajstić information content (AvgIpc) is 2.45. The summed E-state index contributed by atoms with van der Waals surface area (Å²) >= 11 is 1.49. The first-order valence-electron chi connectivity index (χ1n) is 6.22. The molecule has 0 radical (unpaired) electrons. The number of pyridine rings is 1. The molecule has 0 spiro atoms. The van der Waals surface area contributed by atoms with E-state index in [0.717, 1.165) is 5.03 Å². The Morgan fingerprint density at radius 3 is 2.19 bits per heavy atom. The van der Waals surface area contributed by atoms with E-state index in [1.54, 1.807) is 38.5 Å². The summed E-state index contributed by atoms with van der Waals surface area (Å²) in [6.45, 7) is 0. The summed E-state index contributed by atoms with van der Waals surface area (Å²) in [7, 11) is 3.19. The lowest BCUT2D eigenvalue weighted by Gasteiger charge is -2.20. The summed E-state index contributed by atoms with van der Waals surface area (Å²) in [5, 5.41) is 0.833. The zero-order valence-corrected chi connectivity index (χ0v) is 12.7. The molecule has 6 heteroatoms. The Kier molecular flexibility index (Phi) is 4.46. The van der Waals surface area contributed by atoms with Crippen LogP contribution in [-0.2, 0) is 6.18 Å². The van der Waals surface area contributed by atoms with Crippen LogP contribution in [0.4, 0.5) is 18.9 Å². The Hall–Kier alpha value is -1.69. The van der Waals surface area contributed by atoms with Gasteiger partial charge in [0.25, 0.3) is 0 Å². The van der Waals surface area contributed by atoms with Gasteiger partial charge in [0.2, 0.25) is 0 Å². The smallest absolute Gasteiger partial charge is 0.377 e. The minimum absolute atomic E-state index is 0.153. The zero-order valence-electron chi connectivity index (χ0n) is 11.9. The molecule has 2 nitrogen and oxygen atoms in total. The normalized spacial score (nSPS) is 11.5. The fourth-order valence-electron chi connectivity index (χ4n) is 2.00. The largest absolute Gasteiger partial charge is 0.418 e. The highest BCUT2D eigenvalue weighted by Crippen LogP contribution is 2.38. The first-order valence-corrected chi connectivity index (χ1v) is 7.44. The van der Waals surface area contributed by atoms with Gasteiger partial charge in [-0.1, -0.05) is 12.1 Å². The lowest BCUT2D eigenvalue weighted by Crippen LogP contribution is -2.16. The molecule has 2 rings (SSSR count). The maximum Gasteiger partial charge on any atom is 0.418 e.